The molecule has 1 atom stereocenters. The molecule has 3 heteroatoms. The summed E-state index contributed by atoms with van der Waals surface area (Å²) in [5, 5.41) is 0. The number of ether oxygens (including phenoxy) is 2. The first-order valence-corrected chi connectivity index (χ1v) is 12.6. The first-order valence-electron chi connectivity index (χ1n) is 12.6. The Labute approximate surface area is 204 Å². The lowest BCUT2D eigenvalue weighted by atomic mass is 9.85. The van der Waals surface area contributed by atoms with Gasteiger partial charge < -0.3 is 9.47 Å². The predicted octanol–water partition coefficient (Wildman–Crippen LogP) is 7.23. The molecule has 3 aromatic carbocycles. The molecule has 176 valence electrons. The number of nitrogens with zero attached hydrogens (tertiary/aromatic N) is 1. The number of fused-ring (bicyclic) bond motifs is 1. The topological polar surface area (TPSA) is 21.7 Å². The maximum absolute atomic E-state index is 6.66. The summed E-state index contributed by atoms with van der Waals surface area (Å²) in [6, 6.07) is 23.8. The average molecular weight is 454 g/mol. The lowest BCUT2D eigenvalue weighted by molar-refractivity contribution is 0.183. The fraction of sp³-hybridized carbons (Fsp3) is 0.355. The summed E-state index contributed by atoms with van der Waals surface area (Å²) < 4.78 is 12.7. The average Bonchev–Trinajstić information content (AvgIpc) is 2.86. The molecule has 0 bridgehead atoms. The van der Waals surface area contributed by atoms with E-state index in [1.807, 2.05) is 0 Å². The van der Waals surface area contributed by atoms with Crippen LogP contribution in [-0.4, -0.2) is 31.1 Å². The van der Waals surface area contributed by atoms with Crippen LogP contribution in [0.5, 0.6) is 11.5 Å². The van der Waals surface area contributed by atoms with Gasteiger partial charge in [-0.3, -0.25) is 4.90 Å². The van der Waals surface area contributed by atoms with Crippen LogP contribution in [0.15, 0.2) is 66.7 Å². The highest BCUT2D eigenvalue weighted by Crippen LogP contribution is 2.46. The van der Waals surface area contributed by atoms with Gasteiger partial charge >= 0.3 is 0 Å². The van der Waals surface area contributed by atoms with E-state index in [9.17, 15) is 0 Å². The van der Waals surface area contributed by atoms with E-state index < -0.39 is 0 Å². The van der Waals surface area contributed by atoms with E-state index in [0.29, 0.717) is 0 Å². The third-order valence-electron chi connectivity index (χ3n) is 7.12. The molecule has 0 amide bonds. The highest BCUT2D eigenvalue weighted by atomic mass is 16.5. The van der Waals surface area contributed by atoms with E-state index in [4.69, 9.17) is 9.47 Å². The summed E-state index contributed by atoms with van der Waals surface area (Å²) >= 11 is 0. The van der Waals surface area contributed by atoms with Crippen LogP contribution in [0.1, 0.15) is 60.1 Å². The maximum Gasteiger partial charge on any atom is 0.150 e. The lowest BCUT2D eigenvalue weighted by Gasteiger charge is -2.31. The fourth-order valence-corrected chi connectivity index (χ4v) is 5.11. The number of hydrogen-bond donors (Lipinski definition) is 0. The van der Waals surface area contributed by atoms with Crippen molar-refractivity contribution in [2.75, 3.05) is 26.2 Å². The van der Waals surface area contributed by atoms with E-state index in [1.54, 1.807) is 0 Å². The second-order valence-corrected chi connectivity index (χ2v) is 9.72. The molecule has 1 fully saturated rings. The largest absolute Gasteiger partial charge is 0.492 e. The number of rotatable bonds is 6. The zero-order valence-electron chi connectivity index (χ0n) is 20.6. The Hall–Kier alpha value is -3.04. The number of hydrogen-bond acceptors (Lipinski definition) is 3. The monoisotopic (exact) mass is 453 g/mol. The van der Waals surface area contributed by atoms with Crippen molar-refractivity contribution in [3.63, 3.8) is 0 Å². The molecule has 0 N–H and O–H groups in total. The summed E-state index contributed by atoms with van der Waals surface area (Å²) in [4.78, 5) is 2.51. The van der Waals surface area contributed by atoms with Gasteiger partial charge in [-0.1, -0.05) is 60.5 Å². The first-order chi connectivity index (χ1) is 16.6. The standard InChI is InChI=1S/C31H35NO2/c1-22-7-10-25(11-8-22)30-24(3)28-16-9-23(2)21-29(28)34-31(30)26-12-14-27(15-13-26)33-20-19-32-17-5-4-6-18-32/h7-16,21,31H,4-6,17-20H2,1-3H3/t31-/m0/s1. The molecule has 1 saturated heterocycles. The van der Waals surface area contributed by atoms with Crippen LogP contribution in [-0.2, 0) is 0 Å². The van der Waals surface area contributed by atoms with Gasteiger partial charge in [0.2, 0.25) is 0 Å². The van der Waals surface area contributed by atoms with Crippen LogP contribution in [0.4, 0.5) is 0 Å². The van der Waals surface area contributed by atoms with Gasteiger partial charge in [-0.2, -0.15) is 0 Å². The van der Waals surface area contributed by atoms with Crippen molar-refractivity contribution in [1.29, 1.82) is 0 Å². The second-order valence-electron chi connectivity index (χ2n) is 9.72. The molecule has 3 nitrogen and oxygen atoms in total. The van der Waals surface area contributed by atoms with Crippen molar-refractivity contribution in [1.82, 2.24) is 4.90 Å². The van der Waals surface area contributed by atoms with Gasteiger partial charge in [-0.05, 0) is 87.2 Å². The van der Waals surface area contributed by atoms with Crippen LogP contribution in [0.2, 0.25) is 0 Å². The zero-order valence-corrected chi connectivity index (χ0v) is 20.6. The number of likely N-dealkylation sites (tertiary alicyclic amines) is 1. The quantitative estimate of drug-likeness (QED) is 0.393. The van der Waals surface area contributed by atoms with Crippen LogP contribution < -0.4 is 9.47 Å². The molecule has 34 heavy (non-hydrogen) atoms. The van der Waals surface area contributed by atoms with E-state index in [2.05, 4.69) is 92.4 Å². The molecule has 0 saturated carbocycles. The minimum atomic E-state index is -0.153. The normalized spacial score (nSPS) is 18.4. The smallest absolute Gasteiger partial charge is 0.150 e. The molecular formula is C31H35NO2. The predicted molar refractivity (Wildman–Crippen MR) is 140 cm³/mol. The summed E-state index contributed by atoms with van der Waals surface area (Å²) in [6.07, 6.45) is 3.84. The highest BCUT2D eigenvalue weighted by Gasteiger charge is 2.29. The van der Waals surface area contributed by atoms with Crippen LogP contribution in [0.25, 0.3) is 11.1 Å². The summed E-state index contributed by atoms with van der Waals surface area (Å²) in [5.74, 6) is 1.88. The molecule has 2 aliphatic rings. The number of aryl methyl sites for hydroxylation is 2. The van der Waals surface area contributed by atoms with E-state index >= 15 is 0 Å². The van der Waals surface area contributed by atoms with Crippen molar-refractivity contribution in [3.05, 3.63) is 94.5 Å². The number of piperidine rings is 1. The minimum absolute atomic E-state index is 0.153. The summed E-state index contributed by atoms with van der Waals surface area (Å²) in [6.45, 7) is 10.6. The van der Waals surface area contributed by atoms with E-state index in [-0.39, 0.29) is 6.10 Å². The van der Waals surface area contributed by atoms with Crippen molar-refractivity contribution in [2.45, 2.75) is 46.1 Å². The van der Waals surface area contributed by atoms with Gasteiger partial charge in [0.15, 0.2) is 0 Å². The number of allylic oxidation sites excluding steroid dienone is 1. The Morgan fingerprint density at radius 1 is 0.824 bits per heavy atom. The van der Waals surface area contributed by atoms with Gasteiger partial charge in [-0.15, -0.1) is 0 Å². The third-order valence-corrected chi connectivity index (χ3v) is 7.12. The Morgan fingerprint density at radius 3 is 2.26 bits per heavy atom. The van der Waals surface area contributed by atoms with Crippen molar-refractivity contribution in [3.8, 4) is 11.5 Å². The Morgan fingerprint density at radius 2 is 1.53 bits per heavy atom. The molecule has 3 aromatic rings. The molecule has 0 unspecified atom stereocenters. The van der Waals surface area contributed by atoms with Gasteiger partial charge in [-0.25, -0.2) is 0 Å². The highest BCUT2D eigenvalue weighted by molar-refractivity contribution is 5.95. The van der Waals surface area contributed by atoms with Gasteiger partial charge in [0, 0.05) is 17.7 Å². The summed E-state index contributed by atoms with van der Waals surface area (Å²) in [5.41, 5.74) is 8.51. The molecule has 0 aliphatic carbocycles. The maximum atomic E-state index is 6.66. The van der Waals surface area contributed by atoms with Gasteiger partial charge in [0.05, 0.1) is 0 Å². The Bertz CT molecular complexity index is 1160. The molecule has 2 aliphatic heterocycles. The second kappa shape index (κ2) is 10.1. The van der Waals surface area contributed by atoms with Crippen molar-refractivity contribution in [2.24, 2.45) is 0 Å². The van der Waals surface area contributed by atoms with Crippen LogP contribution in [0, 0.1) is 13.8 Å². The summed E-state index contributed by atoms with van der Waals surface area (Å²) in [7, 11) is 0. The van der Waals surface area contributed by atoms with Crippen LogP contribution in [0.3, 0.4) is 0 Å². The van der Waals surface area contributed by atoms with E-state index in [0.717, 1.165) is 30.2 Å². The van der Waals surface area contributed by atoms with Gasteiger partial charge in [0.1, 0.15) is 24.2 Å². The Balaban J connectivity index is 1.39. The lowest BCUT2D eigenvalue weighted by Crippen LogP contribution is -2.33. The minimum Gasteiger partial charge on any atom is -0.492 e. The molecule has 0 radical (unpaired) electrons. The third kappa shape index (κ3) is 4.90. The number of benzene rings is 3. The van der Waals surface area contributed by atoms with Crippen LogP contribution >= 0.6 is 0 Å². The Kier molecular flexibility index (Phi) is 6.73. The molecule has 2 heterocycles. The fourth-order valence-electron chi connectivity index (χ4n) is 5.11. The SMILES string of the molecule is CC1=C(c2ccc(C)cc2)[C@H](c2ccc(OCCN3CCCCC3)cc2)Oc2cc(C)ccc21. The first kappa shape index (κ1) is 22.7. The molecular weight excluding hydrogens is 418 g/mol. The molecule has 0 spiro atoms. The zero-order chi connectivity index (χ0) is 23.5. The van der Waals surface area contributed by atoms with Gasteiger partial charge in [0.25, 0.3) is 0 Å². The van der Waals surface area contributed by atoms with Crippen molar-refractivity contribution < 1.29 is 9.47 Å². The van der Waals surface area contributed by atoms with E-state index in [1.165, 1.54) is 65.8 Å². The molecule has 0 aromatic heterocycles. The molecule has 5 rings (SSSR count). The van der Waals surface area contributed by atoms with Crippen molar-refractivity contribution >= 4 is 11.1 Å².